The van der Waals surface area contributed by atoms with Gasteiger partial charge in [-0.05, 0) is 126 Å². The molecule has 15 heteroatoms. The predicted octanol–water partition coefficient (Wildman–Crippen LogP) is 13.6. The fourth-order valence-electron chi connectivity index (χ4n) is 7.43. The topological polar surface area (TPSA) is 193 Å². The highest BCUT2D eigenvalue weighted by Crippen LogP contribution is 2.12. The van der Waals surface area contributed by atoms with E-state index in [4.69, 9.17) is 0 Å². The van der Waals surface area contributed by atoms with E-state index in [1.54, 1.807) is 80.7 Å². The molecule has 0 aliphatic heterocycles. The summed E-state index contributed by atoms with van der Waals surface area (Å²) in [6.07, 6.45) is 29.8. The Kier molecular flexibility index (Phi) is 19.7. The molecule has 16 aromatic rings. The molecule has 0 aliphatic carbocycles. The van der Waals surface area contributed by atoms with Gasteiger partial charge in [-0.15, -0.1) is 0 Å². The Bertz CT molecular complexity index is 3080. The summed E-state index contributed by atoms with van der Waals surface area (Å²) >= 11 is 0. The van der Waals surface area contributed by atoms with Crippen molar-refractivity contribution in [3.63, 3.8) is 0 Å². The van der Waals surface area contributed by atoms with E-state index < -0.39 is 0 Å². The molecule has 0 fully saturated rings. The van der Waals surface area contributed by atoms with Crippen molar-refractivity contribution < 1.29 is 0 Å². The first-order chi connectivity index (χ1) is 39.7. The van der Waals surface area contributed by atoms with Crippen molar-refractivity contribution in [2.24, 2.45) is 0 Å². The maximum absolute atomic E-state index is 4.14. The summed E-state index contributed by atoms with van der Waals surface area (Å²) in [6.45, 7) is 0. The lowest BCUT2D eigenvalue weighted by Gasteiger charge is -1.91. The SMILES string of the molecule is c1ccc2cnccc2c1.c1ccc2nccnc2c1.c1ccc2ncncc2c1.c1ccc2nnccc2c1.c1cnc2cccnc2c1.c1cnc2ccncc2c1.c1cnc2cnccc2c1.c1cnc2ncccc2c1. The third-order valence-electron chi connectivity index (χ3n) is 11.3. The smallest absolute Gasteiger partial charge is 0.159 e. The van der Waals surface area contributed by atoms with Crippen LogP contribution in [-0.2, 0) is 0 Å². The van der Waals surface area contributed by atoms with Crippen molar-refractivity contribution >= 4 is 87.5 Å². The van der Waals surface area contributed by atoms with E-state index in [9.17, 15) is 0 Å². The molecule has 0 atom stereocenters. The number of para-hydroxylation sites is 3. The fraction of sp³-hybridized carbons (Fsp3) is 0. The Hall–Kier alpha value is -11.5. The molecule has 0 bridgehead atoms. The molecule has 15 nitrogen and oxygen atoms in total. The van der Waals surface area contributed by atoms with Crippen LogP contribution in [0.2, 0.25) is 0 Å². The average molecular weight is 1040 g/mol. The van der Waals surface area contributed by atoms with Crippen molar-refractivity contribution in [2.75, 3.05) is 0 Å². The van der Waals surface area contributed by atoms with Crippen LogP contribution in [0.15, 0.2) is 300 Å². The van der Waals surface area contributed by atoms with Crippen LogP contribution in [0, 0.1) is 0 Å². The Balaban J connectivity index is 0.000000111. The van der Waals surface area contributed by atoms with Crippen molar-refractivity contribution in [2.45, 2.75) is 0 Å². The molecule has 0 aliphatic rings. The maximum Gasteiger partial charge on any atom is 0.159 e. The lowest BCUT2D eigenvalue weighted by atomic mass is 10.2. The van der Waals surface area contributed by atoms with Crippen LogP contribution in [0.25, 0.3) is 87.5 Å². The Morgan fingerprint density at radius 2 is 0.562 bits per heavy atom. The minimum atomic E-state index is 0.810. The van der Waals surface area contributed by atoms with E-state index in [-0.39, 0.29) is 0 Å². The molecule has 0 amide bonds. The average Bonchev–Trinajstić information content (AvgIpc) is 3.56. The standard InChI is InChI=1S/C9H7N.7C8H6N2/c1-2-4-9-7-10-6-5-8(9)3-1;1-3-7-8(9-5-1)4-2-6-10-7;1-3-7-4-2-6-10-8(7)9-5-1;1-2-7-6-9-5-3-8(7)10-4-1;1-2-7-3-5-9-6-8(7)10-4-1;1-2-4-8-7(3-1)5-9-6-10-8;1-2-4-8-7(3-1)9-5-6-10-8;1-2-4-8-7(3-1)5-6-9-10-8/h1-7H;7*1-6H. The fourth-order valence-corrected chi connectivity index (χ4v) is 7.43. The van der Waals surface area contributed by atoms with Gasteiger partial charge in [-0.1, -0.05) is 78.9 Å². The van der Waals surface area contributed by atoms with E-state index in [1.165, 1.54) is 10.8 Å². The first kappa shape index (κ1) is 53.4. The number of rotatable bonds is 0. The van der Waals surface area contributed by atoms with E-state index >= 15 is 0 Å². The third-order valence-corrected chi connectivity index (χ3v) is 11.3. The molecule has 12 aromatic heterocycles. The first-order valence-electron chi connectivity index (χ1n) is 25.1. The minimum Gasteiger partial charge on any atom is -0.264 e. The first-order valence-corrected chi connectivity index (χ1v) is 25.1. The second-order valence-electron chi connectivity index (χ2n) is 16.7. The number of hydrogen-bond acceptors (Lipinski definition) is 15. The van der Waals surface area contributed by atoms with Gasteiger partial charge >= 0.3 is 0 Å². The van der Waals surface area contributed by atoms with E-state index in [1.807, 2.05) is 207 Å². The van der Waals surface area contributed by atoms with E-state index in [0.717, 1.165) is 76.7 Å². The zero-order valence-electron chi connectivity index (χ0n) is 43.0. The molecule has 0 saturated carbocycles. The summed E-state index contributed by atoms with van der Waals surface area (Å²) in [4.78, 5) is 52.8. The van der Waals surface area contributed by atoms with Gasteiger partial charge in [0.2, 0.25) is 0 Å². The second kappa shape index (κ2) is 29.6. The number of benzene rings is 4. The van der Waals surface area contributed by atoms with Gasteiger partial charge in [0.1, 0.15) is 6.33 Å². The lowest BCUT2D eigenvalue weighted by molar-refractivity contribution is 1.08. The van der Waals surface area contributed by atoms with Gasteiger partial charge in [-0.25, -0.2) is 19.9 Å². The largest absolute Gasteiger partial charge is 0.264 e. The zero-order chi connectivity index (χ0) is 54.5. The zero-order valence-corrected chi connectivity index (χ0v) is 43.0. The van der Waals surface area contributed by atoms with Crippen LogP contribution >= 0.6 is 0 Å². The van der Waals surface area contributed by atoms with Crippen molar-refractivity contribution in [3.8, 4) is 0 Å². The van der Waals surface area contributed by atoms with Crippen molar-refractivity contribution in [3.05, 3.63) is 300 Å². The Morgan fingerprint density at radius 1 is 0.188 bits per heavy atom. The number of fused-ring (bicyclic) bond motifs is 8. The summed E-state index contributed by atoms with van der Waals surface area (Å²) in [6, 6.07) is 62.9. The molecule has 0 radical (unpaired) electrons. The van der Waals surface area contributed by atoms with Crippen LogP contribution in [0.1, 0.15) is 0 Å². The van der Waals surface area contributed by atoms with Crippen LogP contribution in [0.3, 0.4) is 0 Å². The predicted molar refractivity (Wildman–Crippen MR) is 319 cm³/mol. The molecule has 12 heterocycles. The highest BCUT2D eigenvalue weighted by molar-refractivity contribution is 5.82. The third kappa shape index (κ3) is 16.3. The molecule has 16 rings (SSSR count). The molecular weight excluding hydrogens is 991 g/mol. The number of nitrogens with zero attached hydrogens (tertiary/aromatic N) is 15. The van der Waals surface area contributed by atoms with Gasteiger partial charge in [0.25, 0.3) is 0 Å². The second-order valence-corrected chi connectivity index (χ2v) is 16.7. The van der Waals surface area contributed by atoms with Crippen LogP contribution in [0.4, 0.5) is 0 Å². The summed E-state index contributed by atoms with van der Waals surface area (Å²) in [5, 5.41) is 15.7. The Labute approximate surface area is 460 Å². The quantitative estimate of drug-likeness (QED) is 0.139. The molecular formula is C65H49N15. The van der Waals surface area contributed by atoms with Gasteiger partial charge < -0.3 is 0 Å². The van der Waals surface area contributed by atoms with Gasteiger partial charge in [0.05, 0.1) is 56.5 Å². The van der Waals surface area contributed by atoms with E-state index in [2.05, 4.69) is 87.1 Å². The minimum absolute atomic E-state index is 0.810. The molecule has 0 N–H and O–H groups in total. The number of hydrogen-bond donors (Lipinski definition) is 0. The number of aromatic nitrogens is 15. The lowest BCUT2D eigenvalue weighted by Crippen LogP contribution is -1.79. The van der Waals surface area contributed by atoms with Crippen LogP contribution < -0.4 is 0 Å². The Morgan fingerprint density at radius 3 is 1.16 bits per heavy atom. The molecule has 80 heavy (non-hydrogen) atoms. The summed E-state index contributed by atoms with van der Waals surface area (Å²) < 4.78 is 0. The van der Waals surface area contributed by atoms with Gasteiger partial charge in [0, 0.05) is 114 Å². The van der Waals surface area contributed by atoms with Gasteiger partial charge in [-0.3, -0.25) is 44.9 Å². The molecule has 0 saturated heterocycles. The highest BCUT2D eigenvalue weighted by atomic mass is 15.1. The molecule has 0 spiro atoms. The molecule has 4 aromatic carbocycles. The molecule has 384 valence electrons. The van der Waals surface area contributed by atoms with Crippen LogP contribution in [-0.4, -0.2) is 75.0 Å². The monoisotopic (exact) mass is 1040 g/mol. The van der Waals surface area contributed by atoms with Crippen LogP contribution in [0.5, 0.6) is 0 Å². The normalized spacial score (nSPS) is 10.0. The number of pyridine rings is 9. The van der Waals surface area contributed by atoms with Gasteiger partial charge in [0.15, 0.2) is 5.65 Å². The van der Waals surface area contributed by atoms with Gasteiger partial charge in [-0.2, -0.15) is 10.2 Å². The maximum atomic E-state index is 4.14. The van der Waals surface area contributed by atoms with Crippen molar-refractivity contribution in [1.82, 2.24) is 75.0 Å². The summed E-state index contributed by atoms with van der Waals surface area (Å²) in [5.74, 6) is 0. The summed E-state index contributed by atoms with van der Waals surface area (Å²) in [5.41, 5.74) is 8.50. The van der Waals surface area contributed by atoms with E-state index in [0.29, 0.717) is 0 Å². The van der Waals surface area contributed by atoms with Crippen molar-refractivity contribution in [1.29, 1.82) is 0 Å². The molecule has 0 unspecified atom stereocenters. The summed E-state index contributed by atoms with van der Waals surface area (Å²) in [7, 11) is 0. The highest BCUT2D eigenvalue weighted by Gasteiger charge is 1.94.